The summed E-state index contributed by atoms with van der Waals surface area (Å²) in [5, 5.41) is 8.97. The highest BCUT2D eigenvalue weighted by Gasteiger charge is 2.36. The van der Waals surface area contributed by atoms with E-state index in [1.807, 2.05) is 25.9 Å². The first-order valence-corrected chi connectivity index (χ1v) is 8.62. The Bertz CT molecular complexity index is 708. The Labute approximate surface area is 152 Å². The number of nitrogens with one attached hydrogen (secondary N) is 1. The van der Waals surface area contributed by atoms with Gasteiger partial charge < -0.3 is 15.0 Å². The predicted molar refractivity (Wildman–Crippen MR) is 97.3 cm³/mol. The molecule has 0 spiro atoms. The standard InChI is InChI=1S/C13H15F3N2.C6H12O2/c1-18(2)8-7-10-9-5-3-4-6-11(9)17-12(10)13(14,15)16;1-3-4-5(2)6(7)8/h3-6,17H,7-8H2,1-2H3;5H,3-4H2,1-2H3,(H,7,8). The second-order valence-corrected chi connectivity index (χ2v) is 6.60. The summed E-state index contributed by atoms with van der Waals surface area (Å²) >= 11 is 0. The molecule has 0 amide bonds. The normalized spacial score (nSPS) is 12.8. The Morgan fingerprint density at radius 2 is 1.88 bits per heavy atom. The summed E-state index contributed by atoms with van der Waals surface area (Å²) in [6.07, 6.45) is -2.21. The second kappa shape index (κ2) is 9.62. The maximum absolute atomic E-state index is 13.0. The van der Waals surface area contributed by atoms with E-state index in [0.29, 0.717) is 29.4 Å². The number of hydrogen-bond acceptors (Lipinski definition) is 2. The Kier molecular flexibility index (Phi) is 8.14. The third-order valence-electron chi connectivity index (χ3n) is 4.05. The monoisotopic (exact) mass is 372 g/mol. The molecule has 0 aliphatic carbocycles. The van der Waals surface area contributed by atoms with Crippen molar-refractivity contribution in [2.75, 3.05) is 20.6 Å². The Balaban J connectivity index is 0.000000359. The van der Waals surface area contributed by atoms with Crippen LogP contribution in [-0.2, 0) is 17.4 Å². The molecular weight excluding hydrogens is 345 g/mol. The summed E-state index contributed by atoms with van der Waals surface area (Å²) in [6, 6.07) is 6.89. The zero-order valence-electron chi connectivity index (χ0n) is 15.7. The molecule has 0 radical (unpaired) electrons. The van der Waals surface area contributed by atoms with E-state index >= 15 is 0 Å². The van der Waals surface area contributed by atoms with E-state index in [0.717, 1.165) is 12.8 Å². The number of halogens is 3. The third-order valence-corrected chi connectivity index (χ3v) is 4.05. The highest BCUT2D eigenvalue weighted by atomic mass is 19.4. The van der Waals surface area contributed by atoms with Crippen molar-refractivity contribution < 1.29 is 23.1 Å². The van der Waals surface area contributed by atoms with Gasteiger partial charge in [0.15, 0.2) is 0 Å². The molecule has 0 fully saturated rings. The lowest BCUT2D eigenvalue weighted by Gasteiger charge is -2.11. The number of H-pyrrole nitrogens is 1. The number of fused-ring (bicyclic) bond motifs is 1. The Morgan fingerprint density at radius 3 is 2.35 bits per heavy atom. The van der Waals surface area contributed by atoms with Gasteiger partial charge in [-0.05, 0) is 38.6 Å². The summed E-state index contributed by atoms with van der Waals surface area (Å²) in [5.74, 6) is -0.855. The number of rotatable bonds is 6. The number of para-hydroxylation sites is 1. The summed E-state index contributed by atoms with van der Waals surface area (Å²) in [7, 11) is 3.70. The summed E-state index contributed by atoms with van der Waals surface area (Å²) < 4.78 is 38.9. The van der Waals surface area contributed by atoms with Gasteiger partial charge in [0.25, 0.3) is 0 Å². The number of aliphatic carboxylic acids is 1. The number of carboxylic acid groups (broad SMARTS) is 1. The molecule has 1 atom stereocenters. The maximum Gasteiger partial charge on any atom is 0.431 e. The van der Waals surface area contributed by atoms with Crippen molar-refractivity contribution >= 4 is 16.9 Å². The van der Waals surface area contributed by atoms with Crippen LogP contribution in [0.25, 0.3) is 10.9 Å². The quantitative estimate of drug-likeness (QED) is 0.766. The summed E-state index contributed by atoms with van der Waals surface area (Å²) in [4.78, 5) is 14.5. The molecule has 0 bridgehead atoms. The van der Waals surface area contributed by atoms with Crippen molar-refractivity contribution in [3.8, 4) is 0 Å². The minimum atomic E-state index is -4.33. The third kappa shape index (κ3) is 6.37. The first-order valence-electron chi connectivity index (χ1n) is 8.62. The molecule has 2 aromatic rings. The van der Waals surface area contributed by atoms with Crippen LogP contribution in [0, 0.1) is 5.92 Å². The van der Waals surface area contributed by atoms with Crippen LogP contribution < -0.4 is 0 Å². The summed E-state index contributed by atoms with van der Waals surface area (Å²) in [6.45, 7) is 4.30. The number of aromatic nitrogens is 1. The molecular formula is C19H27F3N2O2. The summed E-state index contributed by atoms with van der Waals surface area (Å²) in [5.41, 5.74) is 0.274. The van der Waals surface area contributed by atoms with Gasteiger partial charge in [-0.25, -0.2) is 0 Å². The van der Waals surface area contributed by atoms with E-state index in [-0.39, 0.29) is 5.92 Å². The van der Waals surface area contributed by atoms with Crippen molar-refractivity contribution in [2.45, 2.75) is 39.3 Å². The van der Waals surface area contributed by atoms with Gasteiger partial charge in [-0.1, -0.05) is 38.5 Å². The van der Waals surface area contributed by atoms with Crippen LogP contribution in [0.5, 0.6) is 0 Å². The van der Waals surface area contributed by atoms with E-state index in [9.17, 15) is 18.0 Å². The molecule has 1 unspecified atom stereocenters. The second-order valence-electron chi connectivity index (χ2n) is 6.60. The fourth-order valence-electron chi connectivity index (χ4n) is 2.59. The van der Waals surface area contributed by atoms with Crippen LogP contribution in [0.2, 0.25) is 0 Å². The van der Waals surface area contributed by atoms with Crippen LogP contribution in [0.1, 0.15) is 37.9 Å². The van der Waals surface area contributed by atoms with Gasteiger partial charge in [-0.3, -0.25) is 4.79 Å². The Morgan fingerprint density at radius 1 is 1.27 bits per heavy atom. The first kappa shape index (κ1) is 22.0. The average molecular weight is 372 g/mol. The molecule has 0 aliphatic heterocycles. The fourth-order valence-corrected chi connectivity index (χ4v) is 2.59. The predicted octanol–water partition coefficient (Wildman–Crippen LogP) is 4.80. The number of hydrogen-bond donors (Lipinski definition) is 2. The molecule has 0 saturated carbocycles. The smallest absolute Gasteiger partial charge is 0.431 e. The van der Waals surface area contributed by atoms with Crippen LogP contribution in [-0.4, -0.2) is 41.6 Å². The lowest BCUT2D eigenvalue weighted by Crippen LogP contribution is -2.17. The average Bonchev–Trinajstić information content (AvgIpc) is 2.92. The van der Waals surface area contributed by atoms with E-state index in [4.69, 9.17) is 5.11 Å². The fraction of sp³-hybridized carbons (Fsp3) is 0.526. The molecule has 2 N–H and O–H groups in total. The molecule has 0 aliphatic rings. The largest absolute Gasteiger partial charge is 0.481 e. The van der Waals surface area contributed by atoms with Gasteiger partial charge in [0.05, 0.1) is 5.92 Å². The number of alkyl halides is 3. The number of carboxylic acids is 1. The SMILES string of the molecule is CCCC(C)C(=O)O.CN(C)CCc1c(C(F)(F)F)[nH]c2ccccc12. The van der Waals surface area contributed by atoms with Crippen LogP contribution in [0.3, 0.4) is 0 Å². The van der Waals surface area contributed by atoms with Gasteiger partial charge >= 0.3 is 12.1 Å². The van der Waals surface area contributed by atoms with Crippen molar-refractivity contribution in [1.29, 1.82) is 0 Å². The molecule has 4 nitrogen and oxygen atoms in total. The molecule has 7 heteroatoms. The van der Waals surface area contributed by atoms with Crippen LogP contribution in [0.4, 0.5) is 13.2 Å². The van der Waals surface area contributed by atoms with E-state index < -0.39 is 17.8 Å². The lowest BCUT2D eigenvalue weighted by atomic mass is 10.1. The highest BCUT2D eigenvalue weighted by Crippen LogP contribution is 2.35. The van der Waals surface area contributed by atoms with Crippen molar-refractivity contribution in [3.05, 3.63) is 35.5 Å². The number of likely N-dealkylation sites (N-methyl/N-ethyl adjacent to an activating group) is 1. The van der Waals surface area contributed by atoms with Crippen molar-refractivity contribution in [3.63, 3.8) is 0 Å². The zero-order chi connectivity index (χ0) is 19.9. The van der Waals surface area contributed by atoms with Crippen molar-refractivity contribution in [1.82, 2.24) is 9.88 Å². The molecule has 0 saturated heterocycles. The molecule has 1 heterocycles. The molecule has 2 rings (SSSR count). The van der Waals surface area contributed by atoms with Crippen molar-refractivity contribution in [2.24, 2.45) is 5.92 Å². The maximum atomic E-state index is 13.0. The number of benzene rings is 1. The minimum Gasteiger partial charge on any atom is -0.481 e. The van der Waals surface area contributed by atoms with E-state index in [1.54, 1.807) is 31.2 Å². The minimum absolute atomic E-state index is 0.167. The number of aromatic amines is 1. The van der Waals surface area contributed by atoms with Crippen LogP contribution in [0.15, 0.2) is 24.3 Å². The number of nitrogens with zero attached hydrogens (tertiary/aromatic N) is 1. The highest BCUT2D eigenvalue weighted by molar-refractivity contribution is 5.84. The molecule has 1 aromatic heterocycles. The van der Waals surface area contributed by atoms with E-state index in [1.165, 1.54) is 0 Å². The first-order chi connectivity index (χ1) is 12.1. The van der Waals surface area contributed by atoms with Gasteiger partial charge in [-0.2, -0.15) is 13.2 Å². The van der Waals surface area contributed by atoms with Gasteiger partial charge in [-0.15, -0.1) is 0 Å². The molecule has 26 heavy (non-hydrogen) atoms. The lowest BCUT2D eigenvalue weighted by molar-refractivity contribution is -0.142. The molecule has 146 valence electrons. The van der Waals surface area contributed by atoms with Gasteiger partial charge in [0.2, 0.25) is 0 Å². The van der Waals surface area contributed by atoms with Gasteiger partial charge in [0.1, 0.15) is 5.69 Å². The molecule has 1 aromatic carbocycles. The van der Waals surface area contributed by atoms with E-state index in [2.05, 4.69) is 4.98 Å². The van der Waals surface area contributed by atoms with Gasteiger partial charge in [0, 0.05) is 17.4 Å². The Hall–Kier alpha value is -2.02. The topological polar surface area (TPSA) is 56.3 Å². The zero-order valence-corrected chi connectivity index (χ0v) is 15.7. The number of carbonyl (C=O) groups is 1. The van der Waals surface area contributed by atoms with Crippen LogP contribution >= 0.6 is 0 Å².